The maximum Gasteiger partial charge on any atom is 0.333 e. The largest absolute Gasteiger partial charge is 0.479 e. The highest BCUT2D eigenvalue weighted by molar-refractivity contribution is 9.10. The number of hydrogen-bond acceptors (Lipinski definition) is 3. The first-order valence-corrected chi connectivity index (χ1v) is 5.37. The van der Waals surface area contributed by atoms with Gasteiger partial charge in [-0.2, -0.15) is 5.10 Å². The van der Waals surface area contributed by atoms with Crippen LogP contribution in [0.15, 0.2) is 10.7 Å². The Balaban J connectivity index is 2.38. The van der Waals surface area contributed by atoms with Crippen molar-refractivity contribution < 1.29 is 15.0 Å². The highest BCUT2D eigenvalue weighted by atomic mass is 79.9. The Morgan fingerprint density at radius 3 is 2.67 bits per heavy atom. The summed E-state index contributed by atoms with van der Waals surface area (Å²) in [6, 6.07) is 1.76. The van der Waals surface area contributed by atoms with E-state index in [9.17, 15) is 9.90 Å². The number of carboxylic acid groups (broad SMARTS) is 1. The quantitative estimate of drug-likeness (QED) is 0.849. The summed E-state index contributed by atoms with van der Waals surface area (Å²) in [6.07, 6.45) is 0.0265. The van der Waals surface area contributed by atoms with Gasteiger partial charge >= 0.3 is 5.97 Å². The standard InChI is InChI=1S/C9H11BrN2O3/c1-12-5(4-6(10)11-12)9(2-3-9)7(13)8(14)15/h4,7,13H,2-3H2,1H3,(H,14,15). The van der Waals surface area contributed by atoms with Crippen LogP contribution in [0.2, 0.25) is 0 Å². The van der Waals surface area contributed by atoms with Crippen molar-refractivity contribution in [3.05, 3.63) is 16.4 Å². The van der Waals surface area contributed by atoms with Gasteiger partial charge in [-0.15, -0.1) is 0 Å². The van der Waals surface area contributed by atoms with Crippen molar-refractivity contribution in [2.45, 2.75) is 24.4 Å². The lowest BCUT2D eigenvalue weighted by Crippen LogP contribution is -2.35. The number of carboxylic acids is 1. The molecular weight excluding hydrogens is 264 g/mol. The minimum absolute atomic E-state index is 0.639. The molecule has 0 aromatic carbocycles. The number of nitrogens with zero attached hydrogens (tertiary/aromatic N) is 2. The normalized spacial score (nSPS) is 19.9. The number of aliphatic hydroxyl groups is 1. The Labute approximate surface area is 94.8 Å². The summed E-state index contributed by atoms with van der Waals surface area (Å²) in [6.45, 7) is 0. The maximum absolute atomic E-state index is 10.8. The summed E-state index contributed by atoms with van der Waals surface area (Å²) in [5.74, 6) is -1.18. The van der Waals surface area contributed by atoms with Gasteiger partial charge in [-0.3, -0.25) is 4.68 Å². The van der Waals surface area contributed by atoms with Gasteiger partial charge in [0, 0.05) is 18.2 Å². The van der Waals surface area contributed by atoms with Gasteiger partial charge in [-0.25, -0.2) is 4.79 Å². The number of aryl methyl sites for hydroxylation is 1. The second kappa shape index (κ2) is 3.31. The van der Waals surface area contributed by atoms with E-state index in [-0.39, 0.29) is 0 Å². The van der Waals surface area contributed by atoms with Crippen LogP contribution in [-0.4, -0.2) is 32.1 Å². The van der Waals surface area contributed by atoms with E-state index in [2.05, 4.69) is 21.0 Å². The van der Waals surface area contributed by atoms with E-state index in [0.717, 1.165) is 5.69 Å². The maximum atomic E-state index is 10.8. The molecule has 0 amide bonds. The zero-order valence-electron chi connectivity index (χ0n) is 8.14. The second-order valence-corrected chi connectivity index (χ2v) is 4.69. The Bertz CT molecular complexity index is 411. The minimum Gasteiger partial charge on any atom is -0.479 e. The third kappa shape index (κ3) is 1.57. The zero-order valence-corrected chi connectivity index (χ0v) is 9.73. The van der Waals surface area contributed by atoms with E-state index >= 15 is 0 Å². The first-order chi connectivity index (χ1) is 6.97. The van der Waals surface area contributed by atoms with E-state index in [1.54, 1.807) is 17.8 Å². The first kappa shape index (κ1) is 10.6. The molecule has 6 heteroatoms. The van der Waals surface area contributed by atoms with Gasteiger partial charge in [0.2, 0.25) is 0 Å². The number of carbonyl (C=O) groups is 1. The molecule has 0 spiro atoms. The average Bonchev–Trinajstić information content (AvgIpc) is 2.87. The molecule has 1 aromatic heterocycles. The Morgan fingerprint density at radius 2 is 2.33 bits per heavy atom. The van der Waals surface area contributed by atoms with Crippen LogP contribution in [0.3, 0.4) is 0 Å². The fourth-order valence-corrected chi connectivity index (χ4v) is 2.39. The number of aliphatic hydroxyl groups excluding tert-OH is 1. The van der Waals surface area contributed by atoms with Gasteiger partial charge in [0.25, 0.3) is 0 Å². The van der Waals surface area contributed by atoms with E-state index < -0.39 is 17.5 Å². The number of aromatic nitrogens is 2. The molecule has 2 rings (SSSR count). The molecule has 1 saturated carbocycles. The Kier molecular flexibility index (Phi) is 2.35. The van der Waals surface area contributed by atoms with Gasteiger partial charge in [-0.05, 0) is 34.8 Å². The lowest BCUT2D eigenvalue weighted by atomic mass is 9.95. The number of halogens is 1. The molecule has 1 fully saturated rings. The third-order valence-corrected chi connectivity index (χ3v) is 3.29. The molecule has 1 aliphatic rings. The summed E-state index contributed by atoms with van der Waals surface area (Å²) in [5.41, 5.74) is 0.129. The molecule has 2 N–H and O–H groups in total. The molecule has 1 aromatic rings. The molecule has 1 heterocycles. The number of rotatable bonds is 3. The van der Waals surface area contributed by atoms with Crippen LogP contribution in [0, 0.1) is 0 Å². The van der Waals surface area contributed by atoms with Crippen molar-refractivity contribution in [3.63, 3.8) is 0 Å². The molecule has 1 unspecified atom stereocenters. The molecule has 5 nitrogen and oxygen atoms in total. The highest BCUT2D eigenvalue weighted by Crippen LogP contribution is 2.51. The molecule has 0 saturated heterocycles. The molecule has 0 bridgehead atoms. The molecular formula is C9H11BrN2O3. The predicted octanol–water partition coefficient (Wildman–Crippen LogP) is 0.660. The molecule has 1 aliphatic carbocycles. The Morgan fingerprint density at radius 1 is 1.73 bits per heavy atom. The van der Waals surface area contributed by atoms with Gasteiger partial charge in [0.15, 0.2) is 6.10 Å². The monoisotopic (exact) mass is 274 g/mol. The van der Waals surface area contributed by atoms with Crippen molar-refractivity contribution in [1.29, 1.82) is 0 Å². The fraction of sp³-hybridized carbons (Fsp3) is 0.556. The number of aliphatic carboxylic acids is 1. The summed E-state index contributed by atoms with van der Waals surface area (Å²) in [7, 11) is 1.74. The van der Waals surface area contributed by atoms with Gasteiger partial charge in [-0.1, -0.05) is 0 Å². The predicted molar refractivity (Wildman–Crippen MR) is 55.5 cm³/mol. The molecule has 1 atom stereocenters. The average molecular weight is 275 g/mol. The number of hydrogen-bond donors (Lipinski definition) is 2. The molecule has 0 radical (unpaired) electrons. The topological polar surface area (TPSA) is 75.3 Å². The van der Waals surface area contributed by atoms with Gasteiger partial charge in [0.1, 0.15) is 4.60 Å². The Hall–Kier alpha value is -0.880. The van der Waals surface area contributed by atoms with Crippen LogP contribution in [0.4, 0.5) is 0 Å². The van der Waals surface area contributed by atoms with Gasteiger partial charge in [0.05, 0.1) is 0 Å². The van der Waals surface area contributed by atoms with Crippen molar-refractivity contribution in [2.75, 3.05) is 0 Å². The summed E-state index contributed by atoms with van der Waals surface area (Å²) < 4.78 is 2.27. The molecule has 15 heavy (non-hydrogen) atoms. The smallest absolute Gasteiger partial charge is 0.333 e. The molecule has 0 aliphatic heterocycles. The SMILES string of the molecule is Cn1nc(Br)cc1C1(C(O)C(=O)O)CC1. The van der Waals surface area contributed by atoms with Crippen LogP contribution < -0.4 is 0 Å². The zero-order chi connectivity index (χ0) is 11.2. The van der Waals surface area contributed by atoms with Crippen LogP contribution in [-0.2, 0) is 17.3 Å². The third-order valence-electron chi connectivity index (χ3n) is 2.91. The minimum atomic E-state index is -1.35. The van der Waals surface area contributed by atoms with Crippen molar-refractivity contribution in [2.24, 2.45) is 7.05 Å². The first-order valence-electron chi connectivity index (χ1n) is 4.58. The highest BCUT2D eigenvalue weighted by Gasteiger charge is 2.55. The second-order valence-electron chi connectivity index (χ2n) is 3.87. The van der Waals surface area contributed by atoms with Gasteiger partial charge < -0.3 is 10.2 Å². The van der Waals surface area contributed by atoms with Crippen LogP contribution >= 0.6 is 15.9 Å². The van der Waals surface area contributed by atoms with E-state index in [4.69, 9.17) is 5.11 Å². The van der Waals surface area contributed by atoms with Crippen molar-refractivity contribution in [3.8, 4) is 0 Å². The van der Waals surface area contributed by atoms with Crippen molar-refractivity contribution in [1.82, 2.24) is 9.78 Å². The van der Waals surface area contributed by atoms with Crippen LogP contribution in [0.25, 0.3) is 0 Å². The lowest BCUT2D eigenvalue weighted by molar-refractivity contribution is -0.148. The summed E-state index contributed by atoms with van der Waals surface area (Å²) in [5, 5.41) is 22.6. The fourth-order valence-electron chi connectivity index (χ4n) is 1.94. The molecule has 82 valence electrons. The summed E-state index contributed by atoms with van der Waals surface area (Å²) >= 11 is 3.23. The summed E-state index contributed by atoms with van der Waals surface area (Å²) in [4.78, 5) is 10.8. The van der Waals surface area contributed by atoms with Crippen LogP contribution in [0.5, 0.6) is 0 Å². The lowest BCUT2D eigenvalue weighted by Gasteiger charge is -2.18. The van der Waals surface area contributed by atoms with E-state index in [1.807, 2.05) is 0 Å². The van der Waals surface area contributed by atoms with Crippen molar-refractivity contribution >= 4 is 21.9 Å². The van der Waals surface area contributed by atoms with Crippen LogP contribution in [0.1, 0.15) is 18.5 Å². The van der Waals surface area contributed by atoms with E-state index in [0.29, 0.717) is 17.4 Å². The van der Waals surface area contributed by atoms with E-state index in [1.165, 1.54) is 0 Å².